The van der Waals surface area contributed by atoms with Crippen molar-refractivity contribution in [3.8, 4) is 17.1 Å². The standard InChI is InChI=1S/C14H11N3O2/c1-2-6-15-12(3-1)13-5-4-11(9-17-13)19-10-14-16-7-8-18-14/h1-9H,10H2. The van der Waals surface area contributed by atoms with E-state index in [0.717, 1.165) is 11.4 Å². The molecule has 0 aliphatic rings. The third kappa shape index (κ3) is 2.77. The molecule has 3 heterocycles. The van der Waals surface area contributed by atoms with Crippen molar-refractivity contribution in [1.82, 2.24) is 15.0 Å². The van der Waals surface area contributed by atoms with Crippen LogP contribution in [0.5, 0.6) is 5.75 Å². The highest BCUT2D eigenvalue weighted by Crippen LogP contribution is 2.17. The summed E-state index contributed by atoms with van der Waals surface area (Å²) in [6.07, 6.45) is 6.50. The number of nitrogens with zero attached hydrogens (tertiary/aromatic N) is 3. The van der Waals surface area contributed by atoms with Crippen LogP contribution in [0.1, 0.15) is 5.89 Å². The quantitative estimate of drug-likeness (QED) is 0.715. The number of pyridine rings is 2. The predicted molar refractivity (Wildman–Crippen MR) is 68.3 cm³/mol. The molecule has 94 valence electrons. The minimum absolute atomic E-state index is 0.289. The van der Waals surface area contributed by atoms with Gasteiger partial charge in [0.1, 0.15) is 12.0 Å². The second kappa shape index (κ2) is 5.30. The minimum Gasteiger partial charge on any atom is -0.482 e. The van der Waals surface area contributed by atoms with Crippen molar-refractivity contribution in [2.75, 3.05) is 0 Å². The molecule has 0 aromatic carbocycles. The molecular formula is C14H11N3O2. The Morgan fingerprint density at radius 3 is 2.58 bits per heavy atom. The fraction of sp³-hybridized carbons (Fsp3) is 0.0714. The summed E-state index contributed by atoms with van der Waals surface area (Å²) in [7, 11) is 0. The lowest BCUT2D eigenvalue weighted by Crippen LogP contribution is -1.96. The predicted octanol–water partition coefficient (Wildman–Crippen LogP) is 2.71. The summed E-state index contributed by atoms with van der Waals surface area (Å²) in [5.74, 6) is 1.20. The number of hydrogen-bond acceptors (Lipinski definition) is 5. The van der Waals surface area contributed by atoms with Crippen LogP contribution in [0.3, 0.4) is 0 Å². The van der Waals surface area contributed by atoms with Crippen LogP contribution in [-0.2, 0) is 6.61 Å². The van der Waals surface area contributed by atoms with E-state index in [1.807, 2.05) is 30.3 Å². The molecule has 0 saturated heterocycles. The van der Waals surface area contributed by atoms with E-state index in [9.17, 15) is 0 Å². The van der Waals surface area contributed by atoms with Gasteiger partial charge in [-0.1, -0.05) is 6.07 Å². The Balaban J connectivity index is 1.69. The molecule has 0 aliphatic carbocycles. The summed E-state index contributed by atoms with van der Waals surface area (Å²) in [5.41, 5.74) is 1.64. The third-order valence-electron chi connectivity index (χ3n) is 2.51. The topological polar surface area (TPSA) is 61.0 Å². The maximum absolute atomic E-state index is 5.50. The lowest BCUT2D eigenvalue weighted by molar-refractivity contribution is 0.262. The van der Waals surface area contributed by atoms with Crippen molar-refractivity contribution in [2.24, 2.45) is 0 Å². The van der Waals surface area contributed by atoms with Crippen molar-refractivity contribution in [2.45, 2.75) is 6.61 Å². The van der Waals surface area contributed by atoms with E-state index in [1.54, 1.807) is 18.6 Å². The van der Waals surface area contributed by atoms with Crippen molar-refractivity contribution >= 4 is 0 Å². The molecule has 0 N–H and O–H groups in total. The van der Waals surface area contributed by atoms with Crippen LogP contribution in [0.4, 0.5) is 0 Å². The van der Waals surface area contributed by atoms with E-state index in [2.05, 4.69) is 15.0 Å². The number of aromatic nitrogens is 3. The van der Waals surface area contributed by atoms with Crippen LogP contribution in [0.15, 0.2) is 59.6 Å². The summed E-state index contributed by atoms with van der Waals surface area (Å²) in [6, 6.07) is 9.43. The van der Waals surface area contributed by atoms with Gasteiger partial charge in [-0.05, 0) is 24.3 Å². The largest absolute Gasteiger partial charge is 0.482 e. The van der Waals surface area contributed by atoms with Gasteiger partial charge < -0.3 is 9.15 Å². The zero-order valence-electron chi connectivity index (χ0n) is 10.1. The monoisotopic (exact) mass is 253 g/mol. The van der Waals surface area contributed by atoms with Crippen LogP contribution >= 0.6 is 0 Å². The summed E-state index contributed by atoms with van der Waals surface area (Å²) in [5, 5.41) is 0. The van der Waals surface area contributed by atoms with Gasteiger partial charge in [0.15, 0.2) is 6.61 Å². The van der Waals surface area contributed by atoms with Gasteiger partial charge in [-0.3, -0.25) is 9.97 Å². The lowest BCUT2D eigenvalue weighted by Gasteiger charge is -2.04. The average Bonchev–Trinajstić information content (AvgIpc) is 3.00. The molecule has 5 heteroatoms. The van der Waals surface area contributed by atoms with Gasteiger partial charge in [-0.25, -0.2) is 4.98 Å². The van der Waals surface area contributed by atoms with E-state index in [0.29, 0.717) is 11.6 Å². The molecule has 0 spiro atoms. The Hall–Kier alpha value is -2.69. The molecule has 0 radical (unpaired) electrons. The van der Waals surface area contributed by atoms with Gasteiger partial charge in [-0.2, -0.15) is 0 Å². The molecule has 0 saturated carbocycles. The average molecular weight is 253 g/mol. The normalized spacial score (nSPS) is 10.3. The van der Waals surface area contributed by atoms with Crippen LogP contribution in [0.2, 0.25) is 0 Å². The highest BCUT2D eigenvalue weighted by atomic mass is 16.5. The molecule has 3 rings (SSSR count). The van der Waals surface area contributed by atoms with Gasteiger partial charge in [0.05, 0.1) is 23.8 Å². The van der Waals surface area contributed by atoms with Crippen LogP contribution in [0.25, 0.3) is 11.4 Å². The number of oxazole rings is 1. The van der Waals surface area contributed by atoms with Crippen molar-refractivity contribution < 1.29 is 9.15 Å². The maximum Gasteiger partial charge on any atom is 0.232 e. The first-order chi connectivity index (χ1) is 9.42. The first kappa shape index (κ1) is 11.4. The SMILES string of the molecule is c1ccc(-c2ccc(OCc3ncco3)cn2)nc1. The third-order valence-corrected chi connectivity index (χ3v) is 2.51. The minimum atomic E-state index is 0.289. The molecule has 0 bridgehead atoms. The number of rotatable bonds is 4. The second-order valence-electron chi connectivity index (χ2n) is 3.81. The number of ether oxygens (including phenoxy) is 1. The van der Waals surface area contributed by atoms with Gasteiger partial charge >= 0.3 is 0 Å². The molecule has 0 unspecified atom stereocenters. The summed E-state index contributed by atoms with van der Waals surface area (Å²) in [4.78, 5) is 12.5. The highest BCUT2D eigenvalue weighted by Gasteiger charge is 2.02. The first-order valence-corrected chi connectivity index (χ1v) is 5.80. The molecular weight excluding hydrogens is 242 g/mol. The van der Waals surface area contributed by atoms with E-state index >= 15 is 0 Å². The molecule has 3 aromatic rings. The Bertz CT molecular complexity index is 622. The van der Waals surface area contributed by atoms with E-state index in [-0.39, 0.29) is 6.61 Å². The number of hydrogen-bond donors (Lipinski definition) is 0. The fourth-order valence-corrected chi connectivity index (χ4v) is 1.60. The molecule has 0 aliphatic heterocycles. The molecule has 19 heavy (non-hydrogen) atoms. The molecule has 0 amide bonds. The molecule has 0 atom stereocenters. The van der Waals surface area contributed by atoms with Crippen molar-refractivity contribution in [1.29, 1.82) is 0 Å². The zero-order valence-corrected chi connectivity index (χ0v) is 10.1. The molecule has 5 nitrogen and oxygen atoms in total. The Kier molecular flexibility index (Phi) is 3.18. The fourth-order valence-electron chi connectivity index (χ4n) is 1.60. The van der Waals surface area contributed by atoms with Crippen LogP contribution < -0.4 is 4.74 Å². The molecule has 3 aromatic heterocycles. The van der Waals surface area contributed by atoms with Crippen molar-refractivity contribution in [3.63, 3.8) is 0 Å². The summed E-state index contributed by atoms with van der Waals surface area (Å²) < 4.78 is 10.6. The van der Waals surface area contributed by atoms with E-state index in [1.165, 1.54) is 6.26 Å². The van der Waals surface area contributed by atoms with E-state index in [4.69, 9.17) is 9.15 Å². The first-order valence-electron chi connectivity index (χ1n) is 5.80. The zero-order chi connectivity index (χ0) is 12.9. The maximum atomic E-state index is 5.50. The summed E-state index contributed by atoms with van der Waals surface area (Å²) in [6.45, 7) is 0.289. The van der Waals surface area contributed by atoms with Crippen LogP contribution in [0, 0.1) is 0 Å². The van der Waals surface area contributed by atoms with Gasteiger partial charge in [-0.15, -0.1) is 0 Å². The summed E-state index contributed by atoms with van der Waals surface area (Å²) >= 11 is 0. The Morgan fingerprint density at radius 2 is 1.89 bits per heavy atom. The van der Waals surface area contributed by atoms with Gasteiger partial charge in [0.2, 0.25) is 5.89 Å². The van der Waals surface area contributed by atoms with E-state index < -0.39 is 0 Å². The smallest absolute Gasteiger partial charge is 0.232 e. The van der Waals surface area contributed by atoms with Crippen molar-refractivity contribution in [3.05, 3.63) is 61.1 Å². The second-order valence-corrected chi connectivity index (χ2v) is 3.81. The Morgan fingerprint density at radius 1 is 0.947 bits per heavy atom. The highest BCUT2D eigenvalue weighted by molar-refractivity contribution is 5.53. The van der Waals surface area contributed by atoms with Gasteiger partial charge in [0.25, 0.3) is 0 Å². The molecule has 0 fully saturated rings. The lowest BCUT2D eigenvalue weighted by atomic mass is 10.2. The Labute approximate surface area is 109 Å². The van der Waals surface area contributed by atoms with Crippen LogP contribution in [-0.4, -0.2) is 15.0 Å². The van der Waals surface area contributed by atoms with Gasteiger partial charge in [0, 0.05) is 6.20 Å².